The van der Waals surface area contributed by atoms with Crippen LogP contribution in [0.5, 0.6) is 0 Å². The molecule has 10 heteroatoms. The Labute approximate surface area is 210 Å². The maximum absolute atomic E-state index is 13.5. The van der Waals surface area contributed by atoms with E-state index in [0.29, 0.717) is 12.3 Å². The minimum Gasteiger partial charge on any atom is -0.462 e. The number of pyridine rings is 2. The number of esters is 1. The molecule has 1 aromatic carbocycles. The van der Waals surface area contributed by atoms with Gasteiger partial charge in [0.1, 0.15) is 22.7 Å². The summed E-state index contributed by atoms with van der Waals surface area (Å²) in [5, 5.41) is 0.178. The van der Waals surface area contributed by atoms with Crippen molar-refractivity contribution in [3.8, 4) is 0 Å². The Bertz CT molecular complexity index is 1650. The molecule has 4 aromatic rings. The fourth-order valence-corrected chi connectivity index (χ4v) is 4.48. The second-order valence-corrected chi connectivity index (χ2v) is 8.81. The van der Waals surface area contributed by atoms with Crippen molar-refractivity contribution in [2.45, 2.75) is 39.3 Å². The summed E-state index contributed by atoms with van der Waals surface area (Å²) in [4.78, 5) is 48.8. The van der Waals surface area contributed by atoms with E-state index in [1.807, 2.05) is 13.0 Å². The van der Waals surface area contributed by atoms with E-state index in [0.717, 1.165) is 30.5 Å². The van der Waals surface area contributed by atoms with Crippen molar-refractivity contribution in [2.75, 3.05) is 13.2 Å². The van der Waals surface area contributed by atoms with Crippen LogP contribution in [0.4, 0.5) is 4.39 Å². The molecular formula is C27H25FN4O5. The minimum absolute atomic E-state index is 0.000564. The lowest BCUT2D eigenvalue weighted by molar-refractivity contribution is 0.0521. The van der Waals surface area contributed by atoms with E-state index in [4.69, 9.17) is 14.5 Å². The van der Waals surface area contributed by atoms with Gasteiger partial charge in [0.15, 0.2) is 5.49 Å². The molecule has 0 aliphatic carbocycles. The van der Waals surface area contributed by atoms with E-state index in [1.54, 1.807) is 23.8 Å². The van der Waals surface area contributed by atoms with Crippen LogP contribution >= 0.6 is 0 Å². The molecule has 0 bridgehead atoms. The van der Waals surface area contributed by atoms with Crippen molar-refractivity contribution in [3.05, 3.63) is 87.0 Å². The summed E-state index contributed by atoms with van der Waals surface area (Å²) in [5.74, 6) is -1.90. The molecule has 1 unspecified atom stereocenters. The molecule has 1 aliphatic rings. The molecule has 37 heavy (non-hydrogen) atoms. The van der Waals surface area contributed by atoms with Crippen LogP contribution in [-0.4, -0.2) is 45.1 Å². The predicted octanol–water partition coefficient (Wildman–Crippen LogP) is 3.19. The van der Waals surface area contributed by atoms with Crippen molar-refractivity contribution in [3.63, 3.8) is 0 Å². The summed E-state index contributed by atoms with van der Waals surface area (Å²) in [6.07, 6.45) is 3.01. The second kappa shape index (κ2) is 10.1. The molecule has 190 valence electrons. The van der Waals surface area contributed by atoms with Crippen LogP contribution in [0.1, 0.15) is 46.0 Å². The first kappa shape index (κ1) is 24.5. The number of nitrogens with zero attached hydrogens (tertiary/aromatic N) is 4. The van der Waals surface area contributed by atoms with Crippen molar-refractivity contribution in [1.29, 1.82) is 0 Å². The number of amides is 1. The van der Waals surface area contributed by atoms with Gasteiger partial charge in [-0.25, -0.2) is 14.2 Å². The fourth-order valence-electron chi connectivity index (χ4n) is 4.48. The van der Waals surface area contributed by atoms with E-state index >= 15 is 0 Å². The highest BCUT2D eigenvalue weighted by atomic mass is 19.1. The average Bonchev–Trinajstić information content (AvgIpc) is 3.40. The number of carbonyl (C=O) groups is 2. The number of aromatic nitrogens is 3. The number of hydrogen-bond donors (Lipinski definition) is 0. The molecule has 1 saturated heterocycles. The summed E-state index contributed by atoms with van der Waals surface area (Å²) < 4.78 is 27.5. The highest BCUT2D eigenvalue weighted by Crippen LogP contribution is 2.18. The van der Waals surface area contributed by atoms with Crippen LogP contribution in [0.2, 0.25) is 0 Å². The van der Waals surface area contributed by atoms with Gasteiger partial charge in [-0.05, 0) is 68.7 Å². The number of fused-ring (bicyclic) bond motifs is 2. The minimum atomic E-state index is -0.732. The zero-order chi connectivity index (χ0) is 26.1. The van der Waals surface area contributed by atoms with Crippen molar-refractivity contribution in [1.82, 2.24) is 14.0 Å². The largest absolute Gasteiger partial charge is 0.462 e. The third-order valence-corrected chi connectivity index (χ3v) is 6.31. The topological polar surface area (TPSA) is 104 Å². The van der Waals surface area contributed by atoms with Crippen molar-refractivity contribution in [2.24, 2.45) is 4.99 Å². The smallest absolute Gasteiger partial charge is 0.341 e. The number of ether oxygens (including phenoxy) is 2. The first-order valence-electron chi connectivity index (χ1n) is 12.1. The molecule has 9 nitrogen and oxygen atoms in total. The Balaban J connectivity index is 1.87. The van der Waals surface area contributed by atoms with Gasteiger partial charge in [-0.1, -0.05) is 6.07 Å². The quantitative estimate of drug-likeness (QED) is 0.305. The summed E-state index contributed by atoms with van der Waals surface area (Å²) in [6, 6.07) is 9.92. The van der Waals surface area contributed by atoms with E-state index < -0.39 is 17.7 Å². The molecule has 1 fully saturated rings. The Hall–Kier alpha value is -4.18. The molecule has 4 heterocycles. The molecule has 1 amide bonds. The number of halogens is 1. The zero-order valence-corrected chi connectivity index (χ0v) is 20.4. The first-order valence-corrected chi connectivity index (χ1v) is 12.1. The van der Waals surface area contributed by atoms with Crippen LogP contribution in [0.25, 0.3) is 16.7 Å². The standard InChI is InChI=1S/C27H25FN4O5/c1-3-36-27(35)21-14-20-23(29-22-16(2)6-4-12-31(22)26(20)34)32(15-19-7-5-13-37-19)24(21)30-25(33)17-8-10-18(28)11-9-17/h4,6,8-12,14,19H,3,5,7,13,15H2,1-2H3. The Kier molecular flexibility index (Phi) is 6.66. The van der Waals surface area contributed by atoms with Gasteiger partial charge < -0.3 is 14.0 Å². The lowest BCUT2D eigenvalue weighted by Crippen LogP contribution is -2.35. The first-order chi connectivity index (χ1) is 17.9. The van der Waals surface area contributed by atoms with E-state index in [-0.39, 0.29) is 52.5 Å². The van der Waals surface area contributed by atoms with Gasteiger partial charge in [-0.15, -0.1) is 0 Å². The summed E-state index contributed by atoms with van der Waals surface area (Å²) >= 11 is 0. The number of carbonyl (C=O) groups excluding carboxylic acids is 2. The normalized spacial score (nSPS) is 16.0. The van der Waals surface area contributed by atoms with Gasteiger partial charge in [0.05, 0.1) is 24.6 Å². The van der Waals surface area contributed by atoms with Gasteiger partial charge in [0, 0.05) is 18.4 Å². The van der Waals surface area contributed by atoms with E-state index in [1.165, 1.54) is 22.6 Å². The van der Waals surface area contributed by atoms with Gasteiger partial charge >= 0.3 is 5.97 Å². The van der Waals surface area contributed by atoms with Crippen LogP contribution in [0, 0.1) is 12.7 Å². The van der Waals surface area contributed by atoms with Gasteiger partial charge in [0.2, 0.25) is 0 Å². The van der Waals surface area contributed by atoms with Crippen LogP contribution in [0.15, 0.2) is 58.4 Å². The van der Waals surface area contributed by atoms with Gasteiger partial charge in [-0.2, -0.15) is 4.99 Å². The molecule has 0 saturated carbocycles. The van der Waals surface area contributed by atoms with Crippen LogP contribution in [-0.2, 0) is 16.0 Å². The molecule has 0 radical (unpaired) electrons. The molecule has 1 atom stereocenters. The third-order valence-electron chi connectivity index (χ3n) is 6.31. The van der Waals surface area contributed by atoms with E-state index in [2.05, 4.69) is 4.99 Å². The predicted molar refractivity (Wildman–Crippen MR) is 133 cm³/mol. The summed E-state index contributed by atoms with van der Waals surface area (Å²) in [5.41, 5.74) is 1.22. The molecule has 5 rings (SSSR count). The zero-order valence-electron chi connectivity index (χ0n) is 20.4. The van der Waals surface area contributed by atoms with Crippen molar-refractivity contribution < 1.29 is 23.5 Å². The molecule has 3 aromatic heterocycles. The molecule has 1 aliphatic heterocycles. The fraction of sp³-hybridized carbons (Fsp3) is 0.296. The number of rotatable bonds is 5. The number of aryl methyl sites for hydroxylation is 1. The maximum atomic E-state index is 13.5. The lowest BCUT2D eigenvalue weighted by atomic mass is 10.1. The molecule has 0 spiro atoms. The van der Waals surface area contributed by atoms with Gasteiger partial charge in [-0.3, -0.25) is 14.0 Å². The van der Waals surface area contributed by atoms with Crippen LogP contribution < -0.4 is 11.0 Å². The summed E-state index contributed by atoms with van der Waals surface area (Å²) in [6.45, 7) is 4.39. The van der Waals surface area contributed by atoms with Crippen LogP contribution in [0.3, 0.4) is 0 Å². The maximum Gasteiger partial charge on any atom is 0.341 e. The second-order valence-electron chi connectivity index (χ2n) is 8.81. The van der Waals surface area contributed by atoms with Gasteiger partial charge in [0.25, 0.3) is 11.5 Å². The van der Waals surface area contributed by atoms with Crippen molar-refractivity contribution >= 4 is 28.6 Å². The SMILES string of the molecule is CCOC(=O)c1cc2c(=O)n3cccc(C)c3nc2n(CC2CCCO2)c1=NC(=O)c1ccc(F)cc1. The molecule has 0 N–H and O–H groups in total. The number of benzene rings is 1. The average molecular weight is 505 g/mol. The Morgan fingerprint density at radius 3 is 2.70 bits per heavy atom. The Morgan fingerprint density at radius 2 is 2.00 bits per heavy atom. The van der Waals surface area contributed by atoms with E-state index in [9.17, 15) is 18.8 Å². The highest BCUT2D eigenvalue weighted by Gasteiger charge is 2.24. The Morgan fingerprint density at radius 1 is 1.22 bits per heavy atom. The number of hydrogen-bond acceptors (Lipinski definition) is 6. The monoisotopic (exact) mass is 504 g/mol. The lowest BCUT2D eigenvalue weighted by Gasteiger charge is -2.18. The highest BCUT2D eigenvalue weighted by molar-refractivity contribution is 5.97. The molecular weight excluding hydrogens is 479 g/mol. The third kappa shape index (κ3) is 4.67. The summed E-state index contributed by atoms with van der Waals surface area (Å²) in [7, 11) is 0.